The van der Waals surface area contributed by atoms with Gasteiger partial charge in [-0.25, -0.2) is 13.6 Å². The van der Waals surface area contributed by atoms with Gasteiger partial charge in [-0.3, -0.25) is 4.79 Å². The van der Waals surface area contributed by atoms with Crippen molar-refractivity contribution in [2.75, 3.05) is 13.7 Å². The number of hydrogen-bond donors (Lipinski definition) is 0. The molecule has 1 saturated heterocycles. The summed E-state index contributed by atoms with van der Waals surface area (Å²) in [6.45, 7) is 0.284. The molecule has 1 heterocycles. The van der Waals surface area contributed by atoms with Gasteiger partial charge in [-0.1, -0.05) is 6.07 Å². The van der Waals surface area contributed by atoms with Gasteiger partial charge >= 0.3 is 5.97 Å². The summed E-state index contributed by atoms with van der Waals surface area (Å²) in [7, 11) is 1.23. The van der Waals surface area contributed by atoms with Gasteiger partial charge in [0.05, 0.1) is 7.11 Å². The van der Waals surface area contributed by atoms with Crippen LogP contribution in [0.4, 0.5) is 8.78 Å². The van der Waals surface area contributed by atoms with Gasteiger partial charge < -0.3 is 9.64 Å². The molecule has 4 nitrogen and oxygen atoms in total. The Morgan fingerprint density at radius 2 is 1.90 bits per heavy atom. The molecule has 2 rings (SSSR count). The first-order chi connectivity index (χ1) is 9.56. The highest BCUT2D eigenvalue weighted by Gasteiger charge is 2.35. The van der Waals surface area contributed by atoms with Crippen LogP contribution in [-0.2, 0) is 9.53 Å². The number of benzene rings is 1. The van der Waals surface area contributed by atoms with E-state index in [9.17, 15) is 18.4 Å². The molecule has 0 saturated carbocycles. The highest BCUT2D eigenvalue weighted by atomic mass is 19.1. The topological polar surface area (TPSA) is 46.6 Å². The minimum absolute atomic E-state index is 0.284. The maximum absolute atomic E-state index is 13.7. The Kier molecular flexibility index (Phi) is 4.32. The first kappa shape index (κ1) is 14.4. The van der Waals surface area contributed by atoms with Crippen LogP contribution in [0.1, 0.15) is 29.6 Å². The van der Waals surface area contributed by atoms with Crippen LogP contribution in [0, 0.1) is 11.6 Å². The smallest absolute Gasteiger partial charge is 0.328 e. The molecule has 6 heteroatoms. The van der Waals surface area contributed by atoms with Gasteiger partial charge in [0, 0.05) is 6.54 Å². The average Bonchev–Trinajstić information content (AvgIpc) is 2.46. The van der Waals surface area contributed by atoms with E-state index in [-0.39, 0.29) is 6.54 Å². The van der Waals surface area contributed by atoms with E-state index in [1.807, 2.05) is 0 Å². The zero-order valence-electron chi connectivity index (χ0n) is 11.1. The SMILES string of the molecule is COC(=O)[C@H]1CCCCN1C(=O)c1c(F)cccc1F. The Morgan fingerprint density at radius 1 is 1.25 bits per heavy atom. The maximum atomic E-state index is 13.7. The summed E-state index contributed by atoms with van der Waals surface area (Å²) in [4.78, 5) is 25.2. The summed E-state index contributed by atoms with van der Waals surface area (Å²) < 4.78 is 32.0. The van der Waals surface area contributed by atoms with Crippen LogP contribution in [-0.4, -0.2) is 36.5 Å². The normalized spacial score (nSPS) is 18.8. The quantitative estimate of drug-likeness (QED) is 0.781. The number of esters is 1. The largest absolute Gasteiger partial charge is 0.467 e. The molecule has 1 amide bonds. The Balaban J connectivity index is 2.33. The highest BCUT2D eigenvalue weighted by molar-refractivity contribution is 5.97. The van der Waals surface area contributed by atoms with E-state index >= 15 is 0 Å². The van der Waals surface area contributed by atoms with Gasteiger partial charge in [0.25, 0.3) is 5.91 Å². The van der Waals surface area contributed by atoms with Crippen LogP contribution < -0.4 is 0 Å². The molecule has 1 aromatic carbocycles. The van der Waals surface area contributed by atoms with Crippen molar-refractivity contribution in [2.45, 2.75) is 25.3 Å². The Hall–Kier alpha value is -1.98. The molecule has 0 radical (unpaired) electrons. The molecule has 0 aromatic heterocycles. The fourth-order valence-electron chi connectivity index (χ4n) is 2.40. The van der Waals surface area contributed by atoms with Gasteiger partial charge in [0.15, 0.2) is 0 Å². The van der Waals surface area contributed by atoms with E-state index in [0.29, 0.717) is 12.8 Å². The van der Waals surface area contributed by atoms with Crippen LogP contribution in [0.5, 0.6) is 0 Å². The van der Waals surface area contributed by atoms with E-state index in [0.717, 1.165) is 18.6 Å². The molecule has 0 spiro atoms. The predicted octanol–water partition coefficient (Wildman–Crippen LogP) is 2.13. The molecule has 0 unspecified atom stereocenters. The Bertz CT molecular complexity index is 513. The van der Waals surface area contributed by atoms with Crippen LogP contribution in [0.2, 0.25) is 0 Å². The van der Waals surface area contributed by atoms with E-state index in [1.54, 1.807) is 0 Å². The third-order valence-corrected chi connectivity index (χ3v) is 3.41. The lowest BCUT2D eigenvalue weighted by atomic mass is 10.0. The second kappa shape index (κ2) is 5.98. The fourth-order valence-corrected chi connectivity index (χ4v) is 2.40. The third kappa shape index (κ3) is 2.64. The van der Waals surface area contributed by atoms with Gasteiger partial charge in [-0.2, -0.15) is 0 Å². The van der Waals surface area contributed by atoms with Crippen molar-refractivity contribution in [3.8, 4) is 0 Å². The summed E-state index contributed by atoms with van der Waals surface area (Å²) >= 11 is 0. The van der Waals surface area contributed by atoms with Gasteiger partial charge in [-0.15, -0.1) is 0 Å². The highest BCUT2D eigenvalue weighted by Crippen LogP contribution is 2.23. The number of hydrogen-bond acceptors (Lipinski definition) is 3. The summed E-state index contributed by atoms with van der Waals surface area (Å²) in [6.07, 6.45) is 1.90. The lowest BCUT2D eigenvalue weighted by Gasteiger charge is -2.33. The van der Waals surface area contributed by atoms with E-state index in [2.05, 4.69) is 4.74 Å². The molecule has 20 heavy (non-hydrogen) atoms. The molecule has 0 N–H and O–H groups in total. The lowest BCUT2D eigenvalue weighted by Crippen LogP contribution is -2.48. The Morgan fingerprint density at radius 3 is 2.50 bits per heavy atom. The number of ether oxygens (including phenoxy) is 1. The summed E-state index contributed by atoms with van der Waals surface area (Å²) in [6, 6.07) is 2.45. The second-order valence-corrected chi connectivity index (χ2v) is 4.63. The molecule has 1 fully saturated rings. The number of carbonyl (C=O) groups is 2. The number of amides is 1. The second-order valence-electron chi connectivity index (χ2n) is 4.63. The first-order valence-electron chi connectivity index (χ1n) is 6.39. The number of carbonyl (C=O) groups excluding carboxylic acids is 2. The van der Waals surface area contributed by atoms with Crippen molar-refractivity contribution in [2.24, 2.45) is 0 Å². The summed E-state index contributed by atoms with van der Waals surface area (Å²) in [5, 5.41) is 0. The van der Waals surface area contributed by atoms with Gasteiger partial charge in [-0.05, 0) is 31.4 Å². The lowest BCUT2D eigenvalue weighted by molar-refractivity contribution is -0.147. The number of rotatable bonds is 2. The van der Waals surface area contributed by atoms with Crippen molar-refractivity contribution in [3.63, 3.8) is 0 Å². The predicted molar refractivity (Wildman–Crippen MR) is 67.0 cm³/mol. The summed E-state index contributed by atoms with van der Waals surface area (Å²) in [5.74, 6) is -3.22. The molecule has 0 aliphatic carbocycles. The van der Waals surface area contributed by atoms with Crippen molar-refractivity contribution in [3.05, 3.63) is 35.4 Å². The van der Waals surface area contributed by atoms with E-state index < -0.39 is 35.1 Å². The monoisotopic (exact) mass is 283 g/mol. The maximum Gasteiger partial charge on any atom is 0.328 e. The van der Waals surface area contributed by atoms with Crippen molar-refractivity contribution in [1.82, 2.24) is 4.90 Å². The zero-order valence-corrected chi connectivity index (χ0v) is 11.1. The number of likely N-dealkylation sites (tertiary alicyclic amines) is 1. The molecule has 0 bridgehead atoms. The van der Waals surface area contributed by atoms with Crippen molar-refractivity contribution >= 4 is 11.9 Å². The minimum Gasteiger partial charge on any atom is -0.467 e. The van der Waals surface area contributed by atoms with Crippen molar-refractivity contribution in [1.29, 1.82) is 0 Å². The Labute approximate surface area is 115 Å². The van der Waals surface area contributed by atoms with Crippen LogP contribution in [0.3, 0.4) is 0 Å². The van der Waals surface area contributed by atoms with E-state index in [1.165, 1.54) is 18.1 Å². The zero-order chi connectivity index (χ0) is 14.7. The van der Waals surface area contributed by atoms with Crippen LogP contribution >= 0.6 is 0 Å². The third-order valence-electron chi connectivity index (χ3n) is 3.41. The standard InChI is InChI=1S/C14H15F2NO3/c1-20-14(19)11-7-2-3-8-17(11)13(18)12-9(15)5-4-6-10(12)16/h4-6,11H,2-3,7-8H2,1H3/t11-/m1/s1. The average molecular weight is 283 g/mol. The number of halogens is 2. The molecule has 1 atom stereocenters. The fraction of sp³-hybridized carbons (Fsp3) is 0.429. The van der Waals surface area contributed by atoms with Gasteiger partial charge in [0.1, 0.15) is 23.2 Å². The number of nitrogens with zero attached hydrogens (tertiary/aromatic N) is 1. The van der Waals surface area contributed by atoms with Crippen LogP contribution in [0.15, 0.2) is 18.2 Å². The molecular weight excluding hydrogens is 268 g/mol. The summed E-state index contributed by atoms with van der Waals surface area (Å²) in [5.41, 5.74) is -0.622. The van der Waals surface area contributed by atoms with E-state index in [4.69, 9.17) is 0 Å². The molecule has 1 aliphatic heterocycles. The van der Waals surface area contributed by atoms with Gasteiger partial charge in [0.2, 0.25) is 0 Å². The molecule has 1 aromatic rings. The number of piperidine rings is 1. The van der Waals surface area contributed by atoms with Crippen molar-refractivity contribution < 1.29 is 23.1 Å². The van der Waals surface area contributed by atoms with Crippen LogP contribution in [0.25, 0.3) is 0 Å². The molecule has 1 aliphatic rings. The molecule has 108 valence electrons. The number of methoxy groups -OCH3 is 1. The first-order valence-corrected chi connectivity index (χ1v) is 6.39. The molecular formula is C14H15F2NO3. The minimum atomic E-state index is -0.927.